The fourth-order valence-corrected chi connectivity index (χ4v) is 2.84. The van der Waals surface area contributed by atoms with Crippen LogP contribution in [0.15, 0.2) is 42.7 Å². The lowest BCUT2D eigenvalue weighted by Gasteiger charge is -2.02. The molecule has 16 heavy (non-hydrogen) atoms. The highest BCUT2D eigenvalue weighted by atomic mass is 32.1. The van der Waals surface area contributed by atoms with Crippen LogP contribution in [0, 0.1) is 0 Å². The van der Waals surface area contributed by atoms with Gasteiger partial charge in [-0.3, -0.25) is 4.40 Å². The summed E-state index contributed by atoms with van der Waals surface area (Å²) in [5.74, 6) is 0. The molecule has 3 rings (SSSR count). The van der Waals surface area contributed by atoms with E-state index >= 15 is 0 Å². The lowest BCUT2D eigenvalue weighted by atomic mass is 10.1. The van der Waals surface area contributed by atoms with Crippen LogP contribution in [0.1, 0.15) is 4.88 Å². The van der Waals surface area contributed by atoms with Gasteiger partial charge in [0, 0.05) is 23.8 Å². The van der Waals surface area contributed by atoms with Gasteiger partial charge in [-0.15, -0.1) is 0 Å². The van der Waals surface area contributed by atoms with Crippen molar-refractivity contribution in [2.24, 2.45) is 5.73 Å². The minimum Gasteiger partial charge on any atom is -0.326 e. The number of imidazole rings is 1. The lowest BCUT2D eigenvalue weighted by molar-refractivity contribution is 1.08. The van der Waals surface area contributed by atoms with Crippen LogP contribution in [0.3, 0.4) is 0 Å². The Labute approximate surface area is 97.2 Å². The molecule has 0 aliphatic rings. The highest BCUT2D eigenvalue weighted by Gasteiger charge is 2.12. The summed E-state index contributed by atoms with van der Waals surface area (Å²) in [4.78, 5) is 6.47. The summed E-state index contributed by atoms with van der Waals surface area (Å²) in [6.45, 7) is 0.554. The summed E-state index contributed by atoms with van der Waals surface area (Å²) < 4.78 is 2.10. The molecule has 1 aromatic carbocycles. The maximum absolute atomic E-state index is 5.78. The van der Waals surface area contributed by atoms with Crippen molar-refractivity contribution in [3.63, 3.8) is 0 Å². The van der Waals surface area contributed by atoms with Crippen molar-refractivity contribution in [1.29, 1.82) is 0 Å². The fourth-order valence-electron chi connectivity index (χ4n) is 1.86. The molecule has 0 aliphatic heterocycles. The fraction of sp³-hybridized carbons (Fsp3) is 0.0833. The van der Waals surface area contributed by atoms with E-state index in [1.54, 1.807) is 11.3 Å². The first-order valence-electron chi connectivity index (χ1n) is 5.10. The van der Waals surface area contributed by atoms with Crippen molar-refractivity contribution in [2.75, 3.05) is 0 Å². The topological polar surface area (TPSA) is 43.3 Å². The molecule has 0 bridgehead atoms. The van der Waals surface area contributed by atoms with Crippen LogP contribution < -0.4 is 5.73 Å². The SMILES string of the molecule is NCc1sc2nccn2c1-c1ccccc1. The molecule has 3 aromatic rings. The first-order valence-corrected chi connectivity index (χ1v) is 5.92. The van der Waals surface area contributed by atoms with Crippen LogP contribution in [0.4, 0.5) is 0 Å². The standard InChI is InChI=1S/C12H11N3S/c13-8-10-11(9-4-2-1-3-5-9)15-7-6-14-12(15)16-10/h1-7H,8,13H2. The van der Waals surface area contributed by atoms with Crippen LogP contribution >= 0.6 is 11.3 Å². The number of hydrogen-bond donors (Lipinski definition) is 1. The first-order chi connectivity index (χ1) is 7.90. The number of thiazole rings is 1. The zero-order valence-corrected chi connectivity index (χ0v) is 9.45. The van der Waals surface area contributed by atoms with Gasteiger partial charge in [-0.2, -0.15) is 0 Å². The Bertz CT molecular complexity index is 610. The van der Waals surface area contributed by atoms with Gasteiger partial charge in [-0.1, -0.05) is 41.7 Å². The first kappa shape index (κ1) is 9.57. The van der Waals surface area contributed by atoms with Crippen molar-refractivity contribution in [3.8, 4) is 11.3 Å². The summed E-state index contributed by atoms with van der Waals surface area (Å²) in [6.07, 6.45) is 3.80. The Morgan fingerprint density at radius 1 is 1.25 bits per heavy atom. The van der Waals surface area contributed by atoms with E-state index < -0.39 is 0 Å². The Balaban J connectivity index is 2.32. The van der Waals surface area contributed by atoms with Crippen LogP contribution in [-0.4, -0.2) is 9.38 Å². The van der Waals surface area contributed by atoms with Gasteiger partial charge >= 0.3 is 0 Å². The van der Waals surface area contributed by atoms with Gasteiger partial charge in [0.05, 0.1) is 5.69 Å². The minimum atomic E-state index is 0.554. The van der Waals surface area contributed by atoms with E-state index in [9.17, 15) is 0 Å². The van der Waals surface area contributed by atoms with E-state index in [2.05, 4.69) is 21.5 Å². The zero-order chi connectivity index (χ0) is 11.0. The average Bonchev–Trinajstić information content (AvgIpc) is 2.89. The molecule has 2 heterocycles. The number of rotatable bonds is 2. The van der Waals surface area contributed by atoms with Gasteiger partial charge in [-0.25, -0.2) is 4.98 Å². The highest BCUT2D eigenvalue weighted by molar-refractivity contribution is 7.17. The van der Waals surface area contributed by atoms with E-state index in [0.29, 0.717) is 6.54 Å². The van der Waals surface area contributed by atoms with E-state index in [4.69, 9.17) is 5.73 Å². The van der Waals surface area contributed by atoms with Crippen molar-refractivity contribution < 1.29 is 0 Å². The summed E-state index contributed by atoms with van der Waals surface area (Å²) in [5.41, 5.74) is 8.13. The Morgan fingerprint density at radius 2 is 2.06 bits per heavy atom. The minimum absolute atomic E-state index is 0.554. The largest absolute Gasteiger partial charge is 0.326 e. The molecule has 2 N–H and O–H groups in total. The maximum Gasteiger partial charge on any atom is 0.194 e. The van der Waals surface area contributed by atoms with Crippen molar-refractivity contribution >= 4 is 16.3 Å². The predicted octanol–water partition coefficient (Wildman–Crippen LogP) is 2.52. The molecule has 80 valence electrons. The molecule has 2 aromatic heterocycles. The van der Waals surface area contributed by atoms with Crippen LogP contribution in [0.5, 0.6) is 0 Å². The van der Waals surface area contributed by atoms with Gasteiger partial charge in [0.25, 0.3) is 0 Å². The molecule has 0 spiro atoms. The number of aromatic nitrogens is 2. The third kappa shape index (κ3) is 1.35. The van der Waals surface area contributed by atoms with Crippen molar-refractivity contribution in [2.45, 2.75) is 6.54 Å². The number of hydrogen-bond acceptors (Lipinski definition) is 3. The Morgan fingerprint density at radius 3 is 2.81 bits per heavy atom. The molecule has 4 heteroatoms. The molecule has 0 aliphatic carbocycles. The number of fused-ring (bicyclic) bond motifs is 1. The van der Waals surface area contributed by atoms with Gasteiger partial charge in [-0.05, 0) is 5.56 Å². The molecule has 0 atom stereocenters. The van der Waals surface area contributed by atoms with Crippen LogP contribution in [-0.2, 0) is 6.54 Å². The summed E-state index contributed by atoms with van der Waals surface area (Å²) in [7, 11) is 0. The maximum atomic E-state index is 5.78. The van der Waals surface area contributed by atoms with Gasteiger partial charge in [0.1, 0.15) is 0 Å². The predicted molar refractivity (Wildman–Crippen MR) is 66.4 cm³/mol. The third-order valence-corrected chi connectivity index (χ3v) is 3.65. The van der Waals surface area contributed by atoms with E-state index in [1.807, 2.05) is 30.6 Å². The number of nitrogens with zero attached hydrogens (tertiary/aromatic N) is 2. The Hall–Kier alpha value is -1.65. The lowest BCUT2D eigenvalue weighted by Crippen LogP contribution is -1.96. The average molecular weight is 229 g/mol. The molecule has 0 saturated heterocycles. The van der Waals surface area contributed by atoms with E-state index in [1.165, 1.54) is 16.1 Å². The molecule has 0 saturated carbocycles. The second-order valence-electron chi connectivity index (χ2n) is 3.52. The second-order valence-corrected chi connectivity index (χ2v) is 4.59. The van der Waals surface area contributed by atoms with Crippen LogP contribution in [0.2, 0.25) is 0 Å². The van der Waals surface area contributed by atoms with E-state index in [0.717, 1.165) is 4.96 Å². The molecular formula is C12H11N3S. The smallest absolute Gasteiger partial charge is 0.194 e. The molecule has 0 fully saturated rings. The van der Waals surface area contributed by atoms with Crippen molar-refractivity contribution in [3.05, 3.63) is 47.6 Å². The Kier molecular flexibility index (Phi) is 2.23. The summed E-state index contributed by atoms with van der Waals surface area (Å²) in [6, 6.07) is 10.3. The van der Waals surface area contributed by atoms with Gasteiger partial charge in [0.15, 0.2) is 4.96 Å². The summed E-state index contributed by atoms with van der Waals surface area (Å²) >= 11 is 1.65. The summed E-state index contributed by atoms with van der Waals surface area (Å²) in [5, 5.41) is 0. The molecular weight excluding hydrogens is 218 g/mol. The van der Waals surface area contributed by atoms with E-state index in [-0.39, 0.29) is 0 Å². The molecule has 3 nitrogen and oxygen atoms in total. The molecule has 0 amide bonds. The molecule has 0 radical (unpaired) electrons. The monoisotopic (exact) mass is 229 g/mol. The third-order valence-electron chi connectivity index (χ3n) is 2.56. The number of benzene rings is 1. The molecule has 0 unspecified atom stereocenters. The quantitative estimate of drug-likeness (QED) is 0.733. The van der Waals surface area contributed by atoms with Crippen molar-refractivity contribution in [1.82, 2.24) is 9.38 Å². The second kappa shape index (κ2) is 3.73. The highest BCUT2D eigenvalue weighted by Crippen LogP contribution is 2.30. The van der Waals surface area contributed by atoms with Gasteiger partial charge in [0.2, 0.25) is 0 Å². The van der Waals surface area contributed by atoms with Crippen LogP contribution in [0.25, 0.3) is 16.2 Å². The zero-order valence-electron chi connectivity index (χ0n) is 8.63. The number of nitrogens with two attached hydrogens (primary N) is 1. The normalized spacial score (nSPS) is 11.1. The van der Waals surface area contributed by atoms with Gasteiger partial charge < -0.3 is 5.73 Å².